The van der Waals surface area contributed by atoms with Crippen LogP contribution in [0, 0.1) is 5.92 Å². The van der Waals surface area contributed by atoms with Crippen molar-refractivity contribution in [1.82, 2.24) is 10.6 Å². The maximum Gasteiger partial charge on any atom is 0.191 e. The second-order valence-electron chi connectivity index (χ2n) is 5.26. The Kier molecular flexibility index (Phi) is 15.4. The zero-order chi connectivity index (χ0) is 14.5. The third-order valence-electron chi connectivity index (χ3n) is 3.18. The van der Waals surface area contributed by atoms with Crippen LogP contribution < -0.4 is 10.6 Å². The Bertz CT molecular complexity index is 263. The number of thioether (sulfide) groups is 1. The van der Waals surface area contributed by atoms with Gasteiger partial charge in [0, 0.05) is 32.8 Å². The van der Waals surface area contributed by atoms with Gasteiger partial charge in [0.1, 0.15) is 0 Å². The highest BCUT2D eigenvalue weighted by molar-refractivity contribution is 14.0. The summed E-state index contributed by atoms with van der Waals surface area (Å²) in [5.41, 5.74) is 0. The Balaban J connectivity index is 0.00000400. The molecule has 0 aromatic heterocycles. The first kappa shape index (κ1) is 21.3. The molecule has 1 saturated carbocycles. The molecule has 1 fully saturated rings. The van der Waals surface area contributed by atoms with Gasteiger partial charge in [-0.1, -0.05) is 0 Å². The summed E-state index contributed by atoms with van der Waals surface area (Å²) in [5.74, 6) is 3.05. The van der Waals surface area contributed by atoms with Crippen LogP contribution in [-0.2, 0) is 4.74 Å². The molecule has 126 valence electrons. The molecule has 0 atom stereocenters. The van der Waals surface area contributed by atoms with Crippen molar-refractivity contribution in [1.29, 1.82) is 0 Å². The summed E-state index contributed by atoms with van der Waals surface area (Å²) in [5, 5.41) is 6.67. The molecule has 0 radical (unpaired) electrons. The molecule has 6 heteroatoms. The molecule has 1 aliphatic rings. The fourth-order valence-corrected chi connectivity index (χ4v) is 2.30. The lowest BCUT2D eigenvalue weighted by molar-refractivity contribution is 0.123. The highest BCUT2D eigenvalue weighted by Crippen LogP contribution is 2.28. The minimum absolute atomic E-state index is 0. The SMILES string of the molecule is CCNC(=NCCCOCC1CC1)NCCCCSC.I. The molecule has 0 amide bonds. The molecule has 1 rings (SSSR count). The van der Waals surface area contributed by atoms with Crippen LogP contribution in [0.15, 0.2) is 4.99 Å². The molecule has 0 heterocycles. The predicted octanol–water partition coefficient (Wildman–Crippen LogP) is 3.12. The third kappa shape index (κ3) is 13.7. The van der Waals surface area contributed by atoms with Gasteiger partial charge in [0.15, 0.2) is 5.96 Å². The number of rotatable bonds is 12. The van der Waals surface area contributed by atoms with E-state index < -0.39 is 0 Å². The molecule has 0 aromatic carbocycles. The molecular formula is C15H32IN3OS. The first-order valence-corrected chi connectivity index (χ1v) is 9.35. The number of guanidine groups is 1. The molecule has 0 spiro atoms. The van der Waals surface area contributed by atoms with Gasteiger partial charge in [-0.15, -0.1) is 24.0 Å². The number of nitrogens with zero attached hydrogens (tertiary/aromatic N) is 1. The van der Waals surface area contributed by atoms with Gasteiger partial charge in [-0.25, -0.2) is 0 Å². The van der Waals surface area contributed by atoms with E-state index in [4.69, 9.17) is 4.74 Å². The summed E-state index contributed by atoms with van der Waals surface area (Å²) < 4.78 is 5.61. The van der Waals surface area contributed by atoms with E-state index >= 15 is 0 Å². The van der Waals surface area contributed by atoms with Crippen LogP contribution in [0.1, 0.15) is 39.0 Å². The van der Waals surface area contributed by atoms with Crippen LogP contribution in [-0.4, -0.2) is 50.8 Å². The van der Waals surface area contributed by atoms with Crippen molar-refractivity contribution in [2.24, 2.45) is 10.9 Å². The fraction of sp³-hybridized carbons (Fsp3) is 0.933. The number of halogens is 1. The van der Waals surface area contributed by atoms with Gasteiger partial charge in [0.25, 0.3) is 0 Å². The lowest BCUT2D eigenvalue weighted by atomic mass is 10.3. The summed E-state index contributed by atoms with van der Waals surface area (Å²) in [6.07, 6.45) is 8.37. The van der Waals surface area contributed by atoms with Gasteiger partial charge in [-0.3, -0.25) is 4.99 Å². The highest BCUT2D eigenvalue weighted by atomic mass is 127. The van der Waals surface area contributed by atoms with Gasteiger partial charge in [0.2, 0.25) is 0 Å². The first-order chi connectivity index (χ1) is 9.86. The topological polar surface area (TPSA) is 45.7 Å². The summed E-state index contributed by atoms with van der Waals surface area (Å²) in [6.45, 7) is 6.65. The van der Waals surface area contributed by atoms with E-state index in [0.717, 1.165) is 51.1 Å². The Labute approximate surface area is 151 Å². The van der Waals surface area contributed by atoms with Crippen molar-refractivity contribution >= 4 is 41.7 Å². The van der Waals surface area contributed by atoms with Crippen molar-refractivity contribution in [2.45, 2.75) is 39.0 Å². The van der Waals surface area contributed by atoms with Crippen LogP contribution in [0.25, 0.3) is 0 Å². The summed E-state index contributed by atoms with van der Waals surface area (Å²) in [7, 11) is 0. The van der Waals surface area contributed by atoms with E-state index in [0.29, 0.717) is 0 Å². The smallest absolute Gasteiger partial charge is 0.191 e. The summed E-state index contributed by atoms with van der Waals surface area (Å²) in [6, 6.07) is 0. The Hall–Kier alpha value is 0.310. The molecular weight excluding hydrogens is 397 g/mol. The third-order valence-corrected chi connectivity index (χ3v) is 3.88. The van der Waals surface area contributed by atoms with Crippen LogP contribution in [0.4, 0.5) is 0 Å². The van der Waals surface area contributed by atoms with Gasteiger partial charge >= 0.3 is 0 Å². The largest absolute Gasteiger partial charge is 0.381 e. The average Bonchev–Trinajstić information content (AvgIpc) is 3.26. The van der Waals surface area contributed by atoms with Crippen LogP contribution in [0.3, 0.4) is 0 Å². The Morgan fingerprint density at radius 2 is 2.05 bits per heavy atom. The van der Waals surface area contributed by atoms with Gasteiger partial charge in [0.05, 0.1) is 0 Å². The van der Waals surface area contributed by atoms with Crippen molar-refractivity contribution in [3.63, 3.8) is 0 Å². The number of nitrogens with one attached hydrogen (secondary N) is 2. The molecule has 0 saturated heterocycles. The van der Waals surface area contributed by atoms with Crippen molar-refractivity contribution < 1.29 is 4.74 Å². The van der Waals surface area contributed by atoms with E-state index in [-0.39, 0.29) is 24.0 Å². The van der Waals surface area contributed by atoms with Crippen LogP contribution in [0.2, 0.25) is 0 Å². The van der Waals surface area contributed by atoms with Gasteiger partial charge in [-0.05, 0) is 57.0 Å². The minimum Gasteiger partial charge on any atom is -0.381 e. The molecule has 0 aromatic rings. The van der Waals surface area contributed by atoms with Gasteiger partial charge in [-0.2, -0.15) is 11.8 Å². The predicted molar refractivity (Wildman–Crippen MR) is 105 cm³/mol. The number of hydrogen-bond donors (Lipinski definition) is 2. The van der Waals surface area contributed by atoms with Gasteiger partial charge < -0.3 is 15.4 Å². The van der Waals surface area contributed by atoms with E-state index in [1.165, 1.54) is 31.4 Å². The lowest BCUT2D eigenvalue weighted by Gasteiger charge is -2.11. The number of ether oxygens (including phenoxy) is 1. The highest BCUT2D eigenvalue weighted by Gasteiger charge is 2.20. The van der Waals surface area contributed by atoms with Crippen LogP contribution in [0.5, 0.6) is 0 Å². The monoisotopic (exact) mass is 429 g/mol. The van der Waals surface area contributed by atoms with E-state index in [9.17, 15) is 0 Å². The molecule has 2 N–H and O–H groups in total. The standard InChI is InChI=1S/C15H31N3OS.HI/c1-3-16-15(17-9-4-5-12-20-2)18-10-6-11-19-13-14-7-8-14;/h14H,3-13H2,1-2H3,(H2,16,17,18);1H. The van der Waals surface area contributed by atoms with E-state index in [2.05, 4.69) is 28.8 Å². The Morgan fingerprint density at radius 3 is 2.71 bits per heavy atom. The average molecular weight is 429 g/mol. The zero-order valence-corrected chi connectivity index (χ0v) is 16.7. The molecule has 21 heavy (non-hydrogen) atoms. The number of hydrogen-bond acceptors (Lipinski definition) is 3. The molecule has 0 aliphatic heterocycles. The van der Waals surface area contributed by atoms with E-state index in [1.54, 1.807) is 0 Å². The quantitative estimate of drug-likeness (QED) is 0.217. The maximum absolute atomic E-state index is 5.61. The van der Waals surface area contributed by atoms with Crippen molar-refractivity contribution in [3.05, 3.63) is 0 Å². The summed E-state index contributed by atoms with van der Waals surface area (Å²) in [4.78, 5) is 4.57. The van der Waals surface area contributed by atoms with E-state index in [1.807, 2.05) is 11.8 Å². The van der Waals surface area contributed by atoms with Crippen molar-refractivity contribution in [2.75, 3.05) is 44.9 Å². The minimum atomic E-state index is 0. The second kappa shape index (κ2) is 15.2. The fourth-order valence-electron chi connectivity index (χ4n) is 1.81. The number of unbranched alkanes of at least 4 members (excludes halogenated alkanes) is 1. The second-order valence-corrected chi connectivity index (χ2v) is 6.24. The molecule has 4 nitrogen and oxygen atoms in total. The number of aliphatic imine (C=N–C) groups is 1. The zero-order valence-electron chi connectivity index (χ0n) is 13.5. The molecule has 0 bridgehead atoms. The lowest BCUT2D eigenvalue weighted by Crippen LogP contribution is -2.38. The normalized spacial score (nSPS) is 14.7. The maximum atomic E-state index is 5.61. The summed E-state index contributed by atoms with van der Waals surface area (Å²) >= 11 is 1.91. The molecule has 1 aliphatic carbocycles. The van der Waals surface area contributed by atoms with Crippen LogP contribution >= 0.6 is 35.7 Å². The Morgan fingerprint density at radius 1 is 1.24 bits per heavy atom. The molecule has 0 unspecified atom stereocenters. The van der Waals surface area contributed by atoms with Crippen molar-refractivity contribution in [3.8, 4) is 0 Å². The first-order valence-electron chi connectivity index (χ1n) is 7.95.